The Morgan fingerprint density at radius 3 is 2.26 bits per heavy atom. The largest absolute Gasteiger partial charge is 0.497 e. The molecule has 0 radical (unpaired) electrons. The molecule has 0 aliphatic heterocycles. The van der Waals surface area contributed by atoms with Gasteiger partial charge in [0.1, 0.15) is 5.75 Å². The van der Waals surface area contributed by atoms with Crippen LogP contribution in [0.1, 0.15) is 20.7 Å². The first-order valence-electron chi connectivity index (χ1n) is 8.85. The van der Waals surface area contributed by atoms with Crippen LogP contribution < -0.4 is 10.1 Å². The van der Waals surface area contributed by atoms with Gasteiger partial charge in [0, 0.05) is 18.8 Å². The number of methoxy groups -OCH3 is 3. The number of ether oxygens (including phenoxy) is 3. The number of sulfonamides is 1. The molecule has 0 aliphatic carbocycles. The van der Waals surface area contributed by atoms with Crippen LogP contribution in [0.5, 0.6) is 5.75 Å². The molecule has 1 amide bonds. The highest BCUT2D eigenvalue weighted by Crippen LogP contribution is 2.23. The van der Waals surface area contributed by atoms with E-state index in [-0.39, 0.29) is 11.1 Å². The SMILES string of the molecule is COC(=O)c1ccc(C(=O)OC)c(S(=O)(=O)N(C)CC(=O)Nc2cccc(OC)c2)c1. The number of carbonyl (C=O) groups is 3. The van der Waals surface area contributed by atoms with Crippen LogP contribution in [0.2, 0.25) is 0 Å². The number of benzene rings is 2. The van der Waals surface area contributed by atoms with Crippen LogP contribution in [-0.2, 0) is 24.3 Å². The minimum Gasteiger partial charge on any atom is -0.497 e. The number of esters is 2. The van der Waals surface area contributed by atoms with E-state index in [0.717, 1.165) is 30.7 Å². The second-order valence-electron chi connectivity index (χ2n) is 6.24. The third-order valence-electron chi connectivity index (χ3n) is 4.22. The molecule has 10 nitrogen and oxygen atoms in total. The fourth-order valence-corrected chi connectivity index (χ4v) is 3.94. The average molecular weight is 450 g/mol. The Bertz CT molecular complexity index is 1100. The van der Waals surface area contributed by atoms with Crippen molar-refractivity contribution in [3.63, 3.8) is 0 Å². The van der Waals surface area contributed by atoms with E-state index in [2.05, 4.69) is 14.8 Å². The van der Waals surface area contributed by atoms with E-state index in [9.17, 15) is 22.8 Å². The zero-order valence-corrected chi connectivity index (χ0v) is 18.2. The number of rotatable bonds is 8. The van der Waals surface area contributed by atoms with Gasteiger partial charge < -0.3 is 19.5 Å². The summed E-state index contributed by atoms with van der Waals surface area (Å²) in [5.74, 6) is -1.81. The topological polar surface area (TPSA) is 128 Å². The van der Waals surface area contributed by atoms with Crippen LogP contribution in [0, 0.1) is 0 Å². The molecule has 2 aromatic rings. The zero-order valence-electron chi connectivity index (χ0n) is 17.4. The first kappa shape index (κ1) is 23.8. The molecule has 31 heavy (non-hydrogen) atoms. The molecule has 0 unspecified atom stereocenters. The van der Waals surface area contributed by atoms with Crippen molar-refractivity contribution in [2.24, 2.45) is 0 Å². The summed E-state index contributed by atoms with van der Waals surface area (Å²) >= 11 is 0. The zero-order chi connectivity index (χ0) is 23.2. The minimum atomic E-state index is -4.35. The normalized spacial score (nSPS) is 11.0. The molecule has 0 fully saturated rings. The number of likely N-dealkylation sites (N-methyl/N-ethyl adjacent to an activating group) is 1. The van der Waals surface area contributed by atoms with Gasteiger partial charge in [-0.2, -0.15) is 4.31 Å². The maximum Gasteiger partial charge on any atom is 0.339 e. The Kier molecular flexibility index (Phi) is 7.72. The van der Waals surface area contributed by atoms with E-state index in [1.165, 1.54) is 20.2 Å². The number of nitrogens with one attached hydrogen (secondary N) is 1. The smallest absolute Gasteiger partial charge is 0.339 e. The monoisotopic (exact) mass is 450 g/mol. The van der Waals surface area contributed by atoms with E-state index in [1.54, 1.807) is 24.3 Å². The van der Waals surface area contributed by atoms with E-state index < -0.39 is 39.3 Å². The average Bonchev–Trinajstić information content (AvgIpc) is 2.77. The third kappa shape index (κ3) is 5.58. The molecule has 0 aliphatic rings. The first-order chi connectivity index (χ1) is 14.6. The summed E-state index contributed by atoms with van der Waals surface area (Å²) in [4.78, 5) is 35.8. The van der Waals surface area contributed by atoms with Crippen molar-refractivity contribution in [1.29, 1.82) is 0 Å². The Balaban J connectivity index is 2.32. The molecule has 0 aromatic heterocycles. The number of anilines is 1. The lowest BCUT2D eigenvalue weighted by molar-refractivity contribution is -0.116. The van der Waals surface area contributed by atoms with E-state index in [0.29, 0.717) is 11.4 Å². The van der Waals surface area contributed by atoms with Crippen LogP contribution in [0.25, 0.3) is 0 Å². The summed E-state index contributed by atoms with van der Waals surface area (Å²) in [5, 5.41) is 2.57. The molecule has 0 saturated carbocycles. The summed E-state index contributed by atoms with van der Waals surface area (Å²) in [5.41, 5.74) is 0.0521. The Morgan fingerprint density at radius 2 is 1.65 bits per heavy atom. The summed E-state index contributed by atoms with van der Waals surface area (Å²) < 4.78 is 41.2. The number of hydrogen-bond acceptors (Lipinski definition) is 8. The lowest BCUT2D eigenvalue weighted by Crippen LogP contribution is -2.35. The summed E-state index contributed by atoms with van der Waals surface area (Å²) in [6, 6.07) is 9.93. The number of hydrogen-bond donors (Lipinski definition) is 1. The molecule has 0 atom stereocenters. The maximum atomic E-state index is 13.1. The van der Waals surface area contributed by atoms with Gasteiger partial charge in [0.2, 0.25) is 15.9 Å². The molecule has 11 heteroatoms. The minimum absolute atomic E-state index is 0.0806. The van der Waals surface area contributed by atoms with Gasteiger partial charge in [0.25, 0.3) is 0 Å². The Labute approximate surface area is 179 Å². The van der Waals surface area contributed by atoms with Crippen molar-refractivity contribution in [1.82, 2.24) is 4.31 Å². The van der Waals surface area contributed by atoms with E-state index in [4.69, 9.17) is 4.74 Å². The highest BCUT2D eigenvalue weighted by molar-refractivity contribution is 7.89. The molecule has 166 valence electrons. The first-order valence-corrected chi connectivity index (χ1v) is 10.3. The van der Waals surface area contributed by atoms with Crippen molar-refractivity contribution < 1.29 is 37.0 Å². The van der Waals surface area contributed by atoms with Crippen molar-refractivity contribution in [3.05, 3.63) is 53.6 Å². The van der Waals surface area contributed by atoms with Crippen molar-refractivity contribution >= 4 is 33.6 Å². The van der Waals surface area contributed by atoms with Crippen molar-refractivity contribution in [3.8, 4) is 5.75 Å². The van der Waals surface area contributed by atoms with Crippen LogP contribution in [0.15, 0.2) is 47.4 Å². The molecule has 2 aromatic carbocycles. The van der Waals surface area contributed by atoms with Crippen LogP contribution in [0.3, 0.4) is 0 Å². The standard InChI is InChI=1S/C20H22N2O8S/c1-22(12-18(23)21-14-6-5-7-15(11-14)28-2)31(26,27)17-10-13(19(24)29-3)8-9-16(17)20(25)30-4/h5-11H,12H2,1-4H3,(H,21,23). The fourth-order valence-electron chi connectivity index (χ4n) is 2.62. The van der Waals surface area contributed by atoms with Gasteiger partial charge in [0.15, 0.2) is 0 Å². The molecule has 0 saturated heterocycles. The van der Waals surface area contributed by atoms with Crippen molar-refractivity contribution in [2.75, 3.05) is 40.2 Å². The molecule has 0 spiro atoms. The van der Waals surface area contributed by atoms with Gasteiger partial charge in [-0.3, -0.25) is 4.79 Å². The predicted octanol–water partition coefficient (Wildman–Crippen LogP) is 1.53. The molecular weight excluding hydrogens is 428 g/mol. The van der Waals surface area contributed by atoms with E-state index >= 15 is 0 Å². The fraction of sp³-hybridized carbons (Fsp3) is 0.250. The third-order valence-corrected chi connectivity index (χ3v) is 6.06. The Hall–Kier alpha value is -3.44. The molecule has 0 heterocycles. The highest BCUT2D eigenvalue weighted by Gasteiger charge is 2.30. The predicted molar refractivity (Wildman–Crippen MR) is 111 cm³/mol. The second-order valence-corrected chi connectivity index (χ2v) is 8.25. The van der Waals surface area contributed by atoms with Gasteiger partial charge in [-0.25, -0.2) is 18.0 Å². The molecule has 1 N–H and O–H groups in total. The van der Waals surface area contributed by atoms with Crippen LogP contribution >= 0.6 is 0 Å². The quantitative estimate of drug-likeness (QED) is 0.600. The number of amides is 1. The number of carbonyl (C=O) groups excluding carboxylic acids is 3. The second kappa shape index (κ2) is 10.0. The van der Waals surface area contributed by atoms with Crippen molar-refractivity contribution in [2.45, 2.75) is 4.90 Å². The summed E-state index contributed by atoms with van der Waals surface area (Å²) in [6.07, 6.45) is 0. The summed E-state index contributed by atoms with van der Waals surface area (Å²) in [7, 11) is 0.532. The van der Waals surface area contributed by atoms with Gasteiger partial charge in [-0.1, -0.05) is 6.07 Å². The maximum absolute atomic E-state index is 13.1. The molecular formula is C20H22N2O8S. The van der Waals surface area contributed by atoms with Gasteiger partial charge in [0.05, 0.1) is 43.9 Å². The van der Waals surface area contributed by atoms with Gasteiger partial charge in [-0.05, 0) is 30.3 Å². The van der Waals surface area contributed by atoms with E-state index in [1.807, 2.05) is 0 Å². The lowest BCUT2D eigenvalue weighted by Gasteiger charge is -2.19. The molecule has 2 rings (SSSR count). The lowest BCUT2D eigenvalue weighted by atomic mass is 10.1. The molecule has 0 bridgehead atoms. The van der Waals surface area contributed by atoms with Crippen LogP contribution in [0.4, 0.5) is 5.69 Å². The van der Waals surface area contributed by atoms with Gasteiger partial charge >= 0.3 is 11.9 Å². The Morgan fingerprint density at radius 1 is 0.968 bits per heavy atom. The summed E-state index contributed by atoms with van der Waals surface area (Å²) in [6.45, 7) is -0.553. The number of nitrogens with zero attached hydrogens (tertiary/aromatic N) is 1. The van der Waals surface area contributed by atoms with Gasteiger partial charge in [-0.15, -0.1) is 0 Å². The highest BCUT2D eigenvalue weighted by atomic mass is 32.2. The van der Waals surface area contributed by atoms with Crippen LogP contribution in [-0.4, -0.2) is 65.5 Å².